The predicted octanol–water partition coefficient (Wildman–Crippen LogP) is 4.28. The molecule has 6 heteroatoms. The van der Waals surface area contributed by atoms with Crippen LogP contribution in [-0.2, 0) is 15.5 Å². The minimum atomic E-state index is -2.92. The van der Waals surface area contributed by atoms with Crippen molar-refractivity contribution in [2.24, 2.45) is 0 Å². The number of rotatable bonds is 10. The summed E-state index contributed by atoms with van der Waals surface area (Å²) >= 11 is 0. The fraction of sp³-hybridized carbons (Fsp3) is 0.562. The van der Waals surface area contributed by atoms with Gasteiger partial charge >= 0.3 is 6.09 Å². The van der Waals surface area contributed by atoms with Crippen molar-refractivity contribution in [2.75, 3.05) is 25.6 Å². The highest BCUT2D eigenvalue weighted by atomic mass is 31.2. The van der Waals surface area contributed by atoms with E-state index in [1.54, 1.807) is 13.8 Å². The van der Waals surface area contributed by atoms with E-state index >= 15 is 0 Å². The van der Waals surface area contributed by atoms with Gasteiger partial charge in [-0.1, -0.05) is 30.3 Å². The molecule has 0 saturated heterocycles. The van der Waals surface area contributed by atoms with Gasteiger partial charge in [0.15, 0.2) is 0 Å². The SMILES string of the molecule is CCOP(=O)(CCCCc1ccccc1)CN(CC)C(=O)O. The number of hydrogen-bond acceptors (Lipinski definition) is 3. The highest BCUT2D eigenvalue weighted by Gasteiger charge is 2.27. The zero-order chi connectivity index (χ0) is 16.4. The van der Waals surface area contributed by atoms with Gasteiger partial charge in [0.2, 0.25) is 7.37 Å². The van der Waals surface area contributed by atoms with Crippen molar-refractivity contribution in [1.82, 2.24) is 4.90 Å². The van der Waals surface area contributed by atoms with E-state index in [4.69, 9.17) is 9.63 Å². The highest BCUT2D eigenvalue weighted by Crippen LogP contribution is 2.48. The molecular weight excluding hydrogens is 301 g/mol. The predicted molar refractivity (Wildman–Crippen MR) is 88.8 cm³/mol. The van der Waals surface area contributed by atoms with E-state index in [1.165, 1.54) is 5.56 Å². The first kappa shape index (κ1) is 18.7. The molecule has 22 heavy (non-hydrogen) atoms. The summed E-state index contributed by atoms with van der Waals surface area (Å²) in [5.41, 5.74) is 1.26. The number of amides is 1. The van der Waals surface area contributed by atoms with Crippen LogP contribution in [0.3, 0.4) is 0 Å². The van der Waals surface area contributed by atoms with Crippen molar-refractivity contribution in [3.8, 4) is 0 Å². The molecule has 1 atom stereocenters. The normalized spacial score (nSPS) is 13.5. The molecule has 0 bridgehead atoms. The van der Waals surface area contributed by atoms with Gasteiger partial charge in [0.05, 0.1) is 6.61 Å². The Morgan fingerprint density at radius 3 is 2.45 bits per heavy atom. The maximum Gasteiger partial charge on any atom is 0.407 e. The van der Waals surface area contributed by atoms with Crippen LogP contribution in [0.1, 0.15) is 32.3 Å². The summed E-state index contributed by atoms with van der Waals surface area (Å²) in [6.07, 6.45) is 1.98. The maximum absolute atomic E-state index is 12.8. The van der Waals surface area contributed by atoms with E-state index in [9.17, 15) is 9.36 Å². The van der Waals surface area contributed by atoms with Gasteiger partial charge < -0.3 is 9.63 Å². The molecule has 0 aliphatic rings. The molecule has 1 unspecified atom stereocenters. The summed E-state index contributed by atoms with van der Waals surface area (Å²) < 4.78 is 18.2. The molecule has 5 nitrogen and oxygen atoms in total. The Morgan fingerprint density at radius 2 is 1.91 bits per heavy atom. The van der Waals surface area contributed by atoms with Crippen LogP contribution in [0.5, 0.6) is 0 Å². The van der Waals surface area contributed by atoms with Gasteiger partial charge in [0.1, 0.15) is 6.29 Å². The summed E-state index contributed by atoms with van der Waals surface area (Å²) in [5.74, 6) is 0. The summed E-state index contributed by atoms with van der Waals surface area (Å²) in [7, 11) is -2.92. The van der Waals surface area contributed by atoms with Crippen LogP contribution in [0.4, 0.5) is 4.79 Å². The zero-order valence-electron chi connectivity index (χ0n) is 13.4. The van der Waals surface area contributed by atoms with Gasteiger partial charge in [-0.2, -0.15) is 0 Å². The van der Waals surface area contributed by atoms with E-state index in [2.05, 4.69) is 12.1 Å². The lowest BCUT2D eigenvalue weighted by Crippen LogP contribution is -2.31. The average molecular weight is 327 g/mol. The van der Waals surface area contributed by atoms with Gasteiger partial charge in [0.25, 0.3) is 0 Å². The van der Waals surface area contributed by atoms with Crippen molar-refractivity contribution < 1.29 is 19.0 Å². The van der Waals surface area contributed by atoms with Crippen molar-refractivity contribution in [3.63, 3.8) is 0 Å². The molecular formula is C16H26NO4P. The topological polar surface area (TPSA) is 66.8 Å². The Labute approximate surface area is 132 Å². The van der Waals surface area contributed by atoms with Gasteiger partial charge in [-0.15, -0.1) is 0 Å². The monoisotopic (exact) mass is 327 g/mol. The van der Waals surface area contributed by atoms with Gasteiger partial charge in [-0.3, -0.25) is 9.46 Å². The maximum atomic E-state index is 12.8. The van der Waals surface area contributed by atoms with E-state index in [0.717, 1.165) is 24.2 Å². The second-order valence-corrected chi connectivity index (χ2v) is 7.80. The van der Waals surface area contributed by atoms with Crippen LogP contribution in [-0.4, -0.2) is 41.7 Å². The molecule has 0 saturated carbocycles. The number of hydrogen-bond donors (Lipinski definition) is 1. The van der Waals surface area contributed by atoms with Crippen LogP contribution in [0, 0.1) is 0 Å². The minimum Gasteiger partial charge on any atom is -0.465 e. The smallest absolute Gasteiger partial charge is 0.407 e. The lowest BCUT2D eigenvalue weighted by molar-refractivity contribution is 0.152. The molecule has 1 N–H and O–H groups in total. The third kappa shape index (κ3) is 6.63. The molecule has 124 valence electrons. The molecule has 1 aromatic rings. The molecule has 1 aromatic carbocycles. The number of aryl methyl sites for hydroxylation is 1. The number of benzene rings is 1. The number of carboxylic acid groups (broad SMARTS) is 1. The van der Waals surface area contributed by atoms with E-state index in [-0.39, 0.29) is 6.29 Å². The second-order valence-electron chi connectivity index (χ2n) is 5.18. The van der Waals surface area contributed by atoms with Crippen molar-refractivity contribution in [1.29, 1.82) is 0 Å². The Balaban J connectivity index is 2.48. The molecule has 0 spiro atoms. The summed E-state index contributed by atoms with van der Waals surface area (Å²) in [6, 6.07) is 10.1. The van der Waals surface area contributed by atoms with Gasteiger partial charge in [-0.05, 0) is 38.7 Å². The Morgan fingerprint density at radius 1 is 1.23 bits per heavy atom. The average Bonchev–Trinajstić information content (AvgIpc) is 2.50. The quantitative estimate of drug-likeness (QED) is 0.514. The van der Waals surface area contributed by atoms with Crippen LogP contribution in [0.15, 0.2) is 30.3 Å². The molecule has 0 aliphatic carbocycles. The third-order valence-electron chi connectivity index (χ3n) is 3.46. The van der Waals surface area contributed by atoms with Gasteiger partial charge in [0, 0.05) is 12.7 Å². The first-order valence-corrected chi connectivity index (χ1v) is 9.74. The van der Waals surface area contributed by atoms with Crippen LogP contribution < -0.4 is 0 Å². The Hall–Kier alpha value is -1.32. The Kier molecular flexibility index (Phi) is 8.21. The molecule has 0 radical (unpaired) electrons. The molecule has 0 aromatic heterocycles. The fourth-order valence-electron chi connectivity index (χ4n) is 2.29. The third-order valence-corrected chi connectivity index (χ3v) is 5.96. The number of nitrogens with zero attached hydrogens (tertiary/aromatic N) is 1. The Bertz CT molecular complexity index is 492. The van der Waals surface area contributed by atoms with Crippen molar-refractivity contribution in [3.05, 3.63) is 35.9 Å². The van der Waals surface area contributed by atoms with Crippen LogP contribution >= 0.6 is 7.37 Å². The lowest BCUT2D eigenvalue weighted by Gasteiger charge is -2.24. The highest BCUT2D eigenvalue weighted by molar-refractivity contribution is 7.58. The molecule has 1 rings (SSSR count). The van der Waals surface area contributed by atoms with Crippen molar-refractivity contribution >= 4 is 13.5 Å². The van der Waals surface area contributed by atoms with E-state index < -0.39 is 13.5 Å². The summed E-state index contributed by atoms with van der Waals surface area (Å²) in [5, 5.41) is 9.07. The molecule has 0 fully saturated rings. The van der Waals surface area contributed by atoms with Gasteiger partial charge in [-0.25, -0.2) is 4.79 Å². The molecule has 1 amide bonds. The van der Waals surface area contributed by atoms with Crippen molar-refractivity contribution in [2.45, 2.75) is 33.1 Å². The number of unbranched alkanes of at least 4 members (excludes halogenated alkanes) is 1. The largest absolute Gasteiger partial charge is 0.465 e. The second kappa shape index (κ2) is 9.65. The summed E-state index contributed by atoms with van der Waals surface area (Å²) in [4.78, 5) is 12.2. The zero-order valence-corrected chi connectivity index (χ0v) is 14.3. The van der Waals surface area contributed by atoms with E-state index in [1.807, 2.05) is 18.2 Å². The number of carbonyl (C=O) groups is 1. The first-order valence-electron chi connectivity index (χ1n) is 7.75. The standard InChI is InChI=1S/C16H26NO4P/c1-3-17(16(18)19)14-22(20,21-4-2)13-9-8-12-15-10-6-5-7-11-15/h5-7,10-11H,3-4,8-9,12-14H2,1-2H3,(H,18,19). The fourth-order valence-corrected chi connectivity index (χ4v) is 4.66. The van der Waals surface area contributed by atoms with Crippen LogP contribution in [0.2, 0.25) is 0 Å². The lowest BCUT2D eigenvalue weighted by atomic mass is 10.1. The minimum absolute atomic E-state index is 0.0159. The summed E-state index contributed by atoms with van der Waals surface area (Å²) in [6.45, 7) is 4.18. The molecule has 0 aliphatic heterocycles. The molecule has 0 heterocycles. The van der Waals surface area contributed by atoms with Crippen LogP contribution in [0.25, 0.3) is 0 Å². The first-order chi connectivity index (χ1) is 10.5. The van der Waals surface area contributed by atoms with E-state index in [0.29, 0.717) is 19.3 Å².